The summed E-state index contributed by atoms with van der Waals surface area (Å²) in [6, 6.07) is 5.24. The summed E-state index contributed by atoms with van der Waals surface area (Å²) >= 11 is 0. The van der Waals surface area contributed by atoms with Crippen molar-refractivity contribution >= 4 is 17.5 Å². The molecule has 1 rings (SSSR count). The highest BCUT2D eigenvalue weighted by Gasteiger charge is 2.11. The van der Waals surface area contributed by atoms with Crippen molar-refractivity contribution in [3.05, 3.63) is 59.4 Å². The predicted octanol–water partition coefficient (Wildman–Crippen LogP) is 3.32. The second kappa shape index (κ2) is 15.4. The van der Waals surface area contributed by atoms with E-state index in [0.717, 1.165) is 0 Å². The Hall–Kier alpha value is -3.63. The molecular weight excluding hydrogens is 379 g/mol. The van der Waals surface area contributed by atoms with Crippen LogP contribution in [0.25, 0.3) is 0 Å². The highest BCUT2D eigenvalue weighted by molar-refractivity contribution is 6.04. The summed E-state index contributed by atoms with van der Waals surface area (Å²) in [5, 5.41) is 12.2. The zero-order chi connectivity index (χ0) is 22.1. The number of pyridine rings is 1. The van der Waals surface area contributed by atoms with Gasteiger partial charge in [-0.2, -0.15) is 15.4 Å². The van der Waals surface area contributed by atoms with Crippen molar-refractivity contribution in [3.8, 4) is 0 Å². The second-order valence-corrected chi connectivity index (χ2v) is 5.63. The van der Waals surface area contributed by atoms with Crippen molar-refractivity contribution in [3.63, 3.8) is 0 Å². The van der Waals surface area contributed by atoms with Crippen LogP contribution in [-0.2, 0) is 11.2 Å². The standard InChI is InChI=1S/C18H24FN7O.HNO/c1-2-11-26(25-22)13-14(19)6-7-15(20)8-9-17(21)24-18(27)12-16-5-3-4-10-23-16;1-2/h2-5,8-11,14,20,22H,6-7,12-13H2,1H3,(H2,21,24,27);1H/b9-8-,11-2+,20-15?,25-22?;. The first-order valence-electron chi connectivity index (χ1n) is 8.58. The lowest BCUT2D eigenvalue weighted by atomic mass is 10.1. The Labute approximate surface area is 168 Å². The summed E-state index contributed by atoms with van der Waals surface area (Å²) in [7, 11) is 0. The molecule has 0 aromatic carbocycles. The van der Waals surface area contributed by atoms with Gasteiger partial charge in [0.2, 0.25) is 0 Å². The molecule has 0 aliphatic rings. The molecule has 0 bridgehead atoms. The molecule has 0 aliphatic carbocycles. The van der Waals surface area contributed by atoms with Gasteiger partial charge in [-0.25, -0.2) is 4.39 Å². The number of rotatable bonds is 11. The Morgan fingerprint density at radius 2 is 2.10 bits per heavy atom. The van der Waals surface area contributed by atoms with E-state index in [1.807, 2.05) is 0 Å². The van der Waals surface area contributed by atoms with E-state index in [1.54, 1.807) is 37.4 Å². The van der Waals surface area contributed by atoms with Gasteiger partial charge in [0.1, 0.15) is 12.0 Å². The van der Waals surface area contributed by atoms with Crippen LogP contribution in [0.1, 0.15) is 25.5 Å². The van der Waals surface area contributed by atoms with Gasteiger partial charge in [0, 0.05) is 23.8 Å². The van der Waals surface area contributed by atoms with Crippen LogP contribution in [0.3, 0.4) is 0 Å². The number of carbonyl (C=O) groups is 1. The topological polar surface area (TPSA) is 173 Å². The molecule has 1 atom stereocenters. The largest absolute Gasteiger partial charge is 0.384 e. The van der Waals surface area contributed by atoms with Crippen molar-refractivity contribution < 1.29 is 9.18 Å². The van der Waals surface area contributed by atoms with Crippen molar-refractivity contribution in [2.24, 2.45) is 15.9 Å². The van der Waals surface area contributed by atoms with Gasteiger partial charge in [0.15, 0.2) is 0 Å². The SMILES string of the molecule is C/C=C/N(CC(F)CCC(=N)/C=C\C(N)=NC(=O)Cc1ccccn1)N=N.N=O. The number of hydrogen-bond donors (Lipinski definition) is 4. The fourth-order valence-corrected chi connectivity index (χ4v) is 2.06. The Balaban J connectivity index is 0.00000379. The van der Waals surface area contributed by atoms with E-state index in [2.05, 4.69) is 20.8 Å². The molecule has 0 saturated heterocycles. The van der Waals surface area contributed by atoms with Crippen LogP contribution in [0.4, 0.5) is 4.39 Å². The molecule has 0 aliphatic heterocycles. The average molecular weight is 404 g/mol. The Bertz CT molecular complexity index is 737. The number of hydrogen-bond acceptors (Lipinski definition) is 7. The lowest BCUT2D eigenvalue weighted by Crippen LogP contribution is -2.21. The normalized spacial score (nSPS) is 12.3. The third-order valence-corrected chi connectivity index (χ3v) is 3.33. The van der Waals surface area contributed by atoms with Gasteiger partial charge < -0.3 is 11.1 Å². The number of nitrogens with zero attached hydrogens (tertiary/aromatic N) is 4. The number of amides is 1. The summed E-state index contributed by atoms with van der Waals surface area (Å²) < 4.78 is 13.9. The van der Waals surface area contributed by atoms with E-state index < -0.39 is 12.1 Å². The number of nitrogens with one attached hydrogen (secondary N) is 3. The molecule has 29 heavy (non-hydrogen) atoms. The van der Waals surface area contributed by atoms with Gasteiger partial charge in [0.25, 0.3) is 5.91 Å². The van der Waals surface area contributed by atoms with Crippen LogP contribution in [0.5, 0.6) is 0 Å². The first-order valence-corrected chi connectivity index (χ1v) is 8.58. The lowest BCUT2D eigenvalue weighted by molar-refractivity contribution is -0.117. The minimum absolute atomic E-state index is 0.0234. The fourth-order valence-electron chi connectivity index (χ4n) is 2.06. The van der Waals surface area contributed by atoms with Crippen molar-refractivity contribution in [2.45, 2.75) is 32.4 Å². The van der Waals surface area contributed by atoms with Crippen LogP contribution < -0.4 is 5.73 Å². The average Bonchev–Trinajstić information content (AvgIpc) is 2.72. The van der Waals surface area contributed by atoms with Crippen LogP contribution >= 0.6 is 0 Å². The van der Waals surface area contributed by atoms with Gasteiger partial charge in [-0.15, -0.1) is 0 Å². The maximum atomic E-state index is 13.9. The quantitative estimate of drug-likeness (QED) is 0.145. The number of allylic oxidation sites excluding steroid dienone is 2. The molecule has 10 nitrogen and oxygen atoms in total. The molecule has 156 valence electrons. The number of halogens is 1. The zero-order valence-electron chi connectivity index (χ0n) is 16.1. The third-order valence-electron chi connectivity index (χ3n) is 3.33. The minimum Gasteiger partial charge on any atom is -0.384 e. The Morgan fingerprint density at radius 1 is 1.38 bits per heavy atom. The number of amidine groups is 1. The highest BCUT2D eigenvalue weighted by atomic mass is 19.1. The van der Waals surface area contributed by atoms with Gasteiger partial charge in [-0.3, -0.25) is 14.8 Å². The molecule has 0 spiro atoms. The van der Waals surface area contributed by atoms with E-state index in [1.165, 1.54) is 23.4 Å². The number of aliphatic imine (C=N–C) groups is 1. The summed E-state index contributed by atoms with van der Waals surface area (Å²) in [4.78, 5) is 27.0. The van der Waals surface area contributed by atoms with E-state index in [-0.39, 0.29) is 37.4 Å². The zero-order valence-corrected chi connectivity index (χ0v) is 16.1. The molecule has 0 saturated carbocycles. The first-order chi connectivity index (χ1) is 13.9. The Morgan fingerprint density at radius 3 is 2.69 bits per heavy atom. The van der Waals surface area contributed by atoms with E-state index in [0.29, 0.717) is 5.69 Å². The highest BCUT2D eigenvalue weighted by Crippen LogP contribution is 2.07. The molecule has 5 N–H and O–H groups in total. The van der Waals surface area contributed by atoms with E-state index in [4.69, 9.17) is 21.6 Å². The molecule has 1 heterocycles. The minimum atomic E-state index is -1.23. The molecular formula is C18H25FN8O2. The number of nitrogens with two attached hydrogens (primary N) is 1. The molecule has 1 unspecified atom stereocenters. The maximum absolute atomic E-state index is 13.9. The van der Waals surface area contributed by atoms with Crippen molar-refractivity contribution in [2.75, 3.05) is 6.54 Å². The number of nitroso groups, excluding NO2 is 1. The van der Waals surface area contributed by atoms with Crippen LogP contribution in [0.15, 0.2) is 59.0 Å². The fraction of sp³-hybridized carbons (Fsp3) is 0.333. The number of aromatic nitrogens is 1. The molecule has 1 amide bonds. The molecule has 11 heteroatoms. The summed E-state index contributed by atoms with van der Waals surface area (Å²) in [6.45, 7) is 1.70. The van der Waals surface area contributed by atoms with Crippen molar-refractivity contribution in [1.29, 1.82) is 16.5 Å². The number of alkyl halides is 1. The van der Waals surface area contributed by atoms with Crippen LogP contribution in [0.2, 0.25) is 0 Å². The van der Waals surface area contributed by atoms with Gasteiger partial charge in [-0.05, 0) is 44.1 Å². The maximum Gasteiger partial charge on any atom is 0.253 e. The number of carbonyl (C=O) groups excluding carboxylic acids is 1. The molecule has 0 radical (unpaired) electrons. The van der Waals surface area contributed by atoms with Crippen LogP contribution in [0, 0.1) is 21.4 Å². The Kier molecular flexibility index (Phi) is 13.5. The summed E-state index contributed by atoms with van der Waals surface area (Å²) in [6.07, 6.45) is 6.60. The second-order valence-electron chi connectivity index (χ2n) is 5.63. The summed E-state index contributed by atoms with van der Waals surface area (Å²) in [5.74, 6) is -0.459. The third kappa shape index (κ3) is 12.4. The van der Waals surface area contributed by atoms with E-state index >= 15 is 0 Å². The molecule has 1 aromatic heterocycles. The van der Waals surface area contributed by atoms with Gasteiger partial charge >= 0.3 is 0 Å². The lowest BCUT2D eigenvalue weighted by Gasteiger charge is -2.14. The van der Waals surface area contributed by atoms with Gasteiger partial charge in [0.05, 0.1) is 13.0 Å². The van der Waals surface area contributed by atoms with Crippen molar-refractivity contribution in [1.82, 2.24) is 9.99 Å². The van der Waals surface area contributed by atoms with E-state index in [9.17, 15) is 9.18 Å². The molecule has 1 aromatic rings. The van der Waals surface area contributed by atoms with Gasteiger partial charge in [-0.1, -0.05) is 23.0 Å². The van der Waals surface area contributed by atoms with Crippen LogP contribution in [-0.4, -0.2) is 40.2 Å². The monoisotopic (exact) mass is 404 g/mol. The predicted molar refractivity (Wildman–Crippen MR) is 108 cm³/mol. The first kappa shape index (κ1) is 25.4. The summed E-state index contributed by atoms with van der Waals surface area (Å²) in [5.41, 5.74) is 17.8. The smallest absolute Gasteiger partial charge is 0.253 e. The molecule has 0 fully saturated rings.